The number of rotatable bonds is 11. The second-order valence-electron chi connectivity index (χ2n) is 9.24. The highest BCUT2D eigenvalue weighted by Crippen LogP contribution is 2.34. The Morgan fingerprint density at radius 3 is 2.45 bits per heavy atom. The monoisotopic (exact) mass is 506 g/mol. The van der Waals surface area contributed by atoms with Crippen LogP contribution >= 0.6 is 0 Å². The Balaban J connectivity index is 1.44. The van der Waals surface area contributed by atoms with Crippen LogP contribution in [0.5, 0.6) is 5.75 Å². The number of ether oxygens (including phenoxy) is 1. The van der Waals surface area contributed by atoms with E-state index in [4.69, 9.17) is 14.9 Å². The molecule has 0 saturated carbocycles. The minimum absolute atomic E-state index is 0.0899. The molecule has 0 bridgehead atoms. The molecule has 38 heavy (non-hydrogen) atoms. The number of carboxylic acid groups (broad SMARTS) is 1. The van der Waals surface area contributed by atoms with E-state index in [2.05, 4.69) is 47.8 Å². The predicted molar refractivity (Wildman–Crippen MR) is 149 cm³/mol. The van der Waals surface area contributed by atoms with Crippen LogP contribution in [0.15, 0.2) is 101 Å². The van der Waals surface area contributed by atoms with E-state index in [9.17, 15) is 9.90 Å². The van der Waals surface area contributed by atoms with Crippen molar-refractivity contribution in [2.45, 2.75) is 32.7 Å². The van der Waals surface area contributed by atoms with Gasteiger partial charge in [-0.15, -0.1) is 0 Å². The van der Waals surface area contributed by atoms with Gasteiger partial charge in [-0.25, -0.2) is 0 Å². The van der Waals surface area contributed by atoms with Crippen molar-refractivity contribution in [1.29, 1.82) is 0 Å². The van der Waals surface area contributed by atoms with Crippen LogP contribution in [0, 0.1) is 0 Å². The maximum Gasteiger partial charge on any atom is 0.307 e. The van der Waals surface area contributed by atoms with E-state index >= 15 is 0 Å². The van der Waals surface area contributed by atoms with Gasteiger partial charge >= 0.3 is 5.97 Å². The molecule has 0 radical (unpaired) electrons. The molecule has 6 heteroatoms. The lowest BCUT2D eigenvalue weighted by Crippen LogP contribution is -2.11. The van der Waals surface area contributed by atoms with Crippen molar-refractivity contribution in [3.63, 3.8) is 0 Å². The molecule has 5 rings (SSSR count). The third-order valence-electron chi connectivity index (χ3n) is 6.38. The number of furan rings is 1. The zero-order valence-corrected chi connectivity index (χ0v) is 21.0. The topological polar surface area (TPSA) is 97.7 Å². The van der Waals surface area contributed by atoms with Crippen LogP contribution in [-0.2, 0) is 37.5 Å². The van der Waals surface area contributed by atoms with Crippen molar-refractivity contribution in [1.82, 2.24) is 5.32 Å². The molecule has 0 amide bonds. The van der Waals surface area contributed by atoms with E-state index in [0.29, 0.717) is 31.0 Å². The molecule has 192 valence electrons. The van der Waals surface area contributed by atoms with Gasteiger partial charge in [0.05, 0.1) is 13.0 Å². The van der Waals surface area contributed by atoms with Crippen molar-refractivity contribution >= 4 is 16.9 Å². The summed E-state index contributed by atoms with van der Waals surface area (Å²) in [6.45, 7) is 2.09. The lowest BCUT2D eigenvalue weighted by atomic mass is 9.99. The first-order valence-electron chi connectivity index (χ1n) is 12.6. The van der Waals surface area contributed by atoms with Crippen LogP contribution in [0.4, 0.5) is 0 Å². The molecule has 4 N–H and O–H groups in total. The first-order valence-corrected chi connectivity index (χ1v) is 12.6. The smallest absolute Gasteiger partial charge is 0.307 e. The minimum atomic E-state index is -0.892. The van der Waals surface area contributed by atoms with Crippen molar-refractivity contribution in [2.24, 2.45) is 5.73 Å². The summed E-state index contributed by atoms with van der Waals surface area (Å²) in [6.07, 6.45) is -0.0899. The van der Waals surface area contributed by atoms with Gasteiger partial charge in [0.1, 0.15) is 23.7 Å². The maximum atomic E-state index is 11.3. The summed E-state index contributed by atoms with van der Waals surface area (Å²) < 4.78 is 12.4. The van der Waals surface area contributed by atoms with Crippen LogP contribution in [0.25, 0.3) is 22.1 Å². The average molecular weight is 507 g/mol. The third-order valence-corrected chi connectivity index (χ3v) is 6.38. The minimum Gasteiger partial charge on any atom is -0.489 e. The van der Waals surface area contributed by atoms with E-state index in [1.54, 1.807) is 12.1 Å². The van der Waals surface area contributed by atoms with Crippen molar-refractivity contribution < 1.29 is 19.1 Å². The summed E-state index contributed by atoms with van der Waals surface area (Å²) in [4.78, 5) is 11.3. The number of fused-ring (bicyclic) bond motifs is 1. The van der Waals surface area contributed by atoms with Gasteiger partial charge < -0.3 is 25.3 Å². The van der Waals surface area contributed by atoms with Gasteiger partial charge in [0.2, 0.25) is 0 Å². The fraction of sp³-hybridized carbons (Fsp3) is 0.156. The highest BCUT2D eigenvalue weighted by Gasteiger charge is 2.14. The zero-order chi connectivity index (χ0) is 26.3. The van der Waals surface area contributed by atoms with Crippen LogP contribution in [0.1, 0.15) is 28.0 Å². The third kappa shape index (κ3) is 6.11. The van der Waals surface area contributed by atoms with Gasteiger partial charge in [-0.1, -0.05) is 66.7 Å². The zero-order valence-electron chi connectivity index (χ0n) is 21.0. The molecular formula is C32H30N2O4. The number of carboxylic acids is 1. The second-order valence-corrected chi connectivity index (χ2v) is 9.24. The summed E-state index contributed by atoms with van der Waals surface area (Å²) in [5.41, 5.74) is 12.6. The van der Waals surface area contributed by atoms with Gasteiger partial charge in [0, 0.05) is 29.6 Å². The molecular weight excluding hydrogens is 476 g/mol. The normalized spacial score (nSPS) is 11.1. The van der Waals surface area contributed by atoms with E-state index in [-0.39, 0.29) is 6.42 Å². The predicted octanol–water partition coefficient (Wildman–Crippen LogP) is 6.05. The fourth-order valence-electron chi connectivity index (χ4n) is 4.56. The lowest BCUT2D eigenvalue weighted by molar-refractivity contribution is -0.136. The number of hydrogen-bond donors (Lipinski definition) is 3. The molecule has 4 aromatic carbocycles. The summed E-state index contributed by atoms with van der Waals surface area (Å²) in [7, 11) is 0. The van der Waals surface area contributed by atoms with Crippen LogP contribution in [0.3, 0.4) is 0 Å². The number of para-hydroxylation sites is 1. The molecule has 0 aliphatic rings. The quantitative estimate of drug-likeness (QED) is 0.202. The first kappa shape index (κ1) is 25.3. The summed E-state index contributed by atoms with van der Waals surface area (Å²) in [5, 5.41) is 13.7. The average Bonchev–Trinajstić information content (AvgIpc) is 3.35. The Kier molecular flexibility index (Phi) is 7.83. The standard InChI is InChI=1S/C32H30N2O4/c33-18-23-9-6-11-25(13-23)29-15-24(21-37-30-12-5-4-10-26(30)17-31(35)36)14-27-16-28(38-32(27)29)20-34-19-22-7-2-1-3-8-22/h1-16,34H,17-21,33H2,(H,35,36). The van der Waals surface area contributed by atoms with Crippen LogP contribution in [-0.4, -0.2) is 11.1 Å². The van der Waals surface area contributed by atoms with E-state index in [1.165, 1.54) is 5.56 Å². The molecule has 0 aliphatic carbocycles. The Hall–Kier alpha value is -4.39. The van der Waals surface area contributed by atoms with Gasteiger partial charge in [-0.3, -0.25) is 4.79 Å². The molecule has 6 nitrogen and oxygen atoms in total. The van der Waals surface area contributed by atoms with Crippen molar-refractivity contribution in [3.05, 3.63) is 125 Å². The first-order chi connectivity index (χ1) is 18.6. The molecule has 0 atom stereocenters. The fourth-order valence-corrected chi connectivity index (χ4v) is 4.56. The molecule has 1 heterocycles. The number of aliphatic carboxylic acids is 1. The number of carbonyl (C=O) groups is 1. The molecule has 0 saturated heterocycles. The molecule has 1 aromatic heterocycles. The van der Waals surface area contributed by atoms with Crippen molar-refractivity contribution in [3.8, 4) is 16.9 Å². The van der Waals surface area contributed by atoms with E-state index in [1.807, 2.05) is 42.5 Å². The molecule has 5 aromatic rings. The highest BCUT2D eigenvalue weighted by molar-refractivity contribution is 5.93. The van der Waals surface area contributed by atoms with E-state index in [0.717, 1.165) is 45.5 Å². The SMILES string of the molecule is NCc1cccc(-c2cc(COc3ccccc3CC(=O)O)cc3cc(CNCc4ccccc4)oc23)c1. The van der Waals surface area contributed by atoms with Gasteiger partial charge in [-0.2, -0.15) is 0 Å². The largest absolute Gasteiger partial charge is 0.489 e. The van der Waals surface area contributed by atoms with Crippen molar-refractivity contribution in [2.75, 3.05) is 0 Å². The summed E-state index contributed by atoms with van der Waals surface area (Å²) in [5.74, 6) is 0.521. The Bertz CT molecular complexity index is 1540. The summed E-state index contributed by atoms with van der Waals surface area (Å²) in [6, 6.07) is 31.8. The maximum absolute atomic E-state index is 11.3. The molecule has 0 fully saturated rings. The molecule has 0 unspecified atom stereocenters. The van der Waals surface area contributed by atoms with Gasteiger partial charge in [0.15, 0.2) is 0 Å². The Labute approximate surface area is 221 Å². The van der Waals surface area contributed by atoms with Crippen LogP contribution < -0.4 is 15.8 Å². The number of nitrogens with one attached hydrogen (secondary N) is 1. The van der Waals surface area contributed by atoms with E-state index < -0.39 is 5.97 Å². The Morgan fingerprint density at radius 2 is 1.63 bits per heavy atom. The number of benzene rings is 4. The molecule has 0 aliphatic heterocycles. The van der Waals surface area contributed by atoms with Gasteiger partial charge in [-0.05, 0) is 52.6 Å². The number of nitrogens with two attached hydrogens (primary N) is 1. The number of hydrogen-bond acceptors (Lipinski definition) is 5. The van der Waals surface area contributed by atoms with Gasteiger partial charge in [0.25, 0.3) is 0 Å². The second kappa shape index (κ2) is 11.8. The van der Waals surface area contributed by atoms with Crippen LogP contribution in [0.2, 0.25) is 0 Å². The lowest BCUT2D eigenvalue weighted by Gasteiger charge is -2.12. The summed E-state index contributed by atoms with van der Waals surface area (Å²) >= 11 is 0. The highest BCUT2D eigenvalue weighted by atomic mass is 16.5. The molecule has 0 spiro atoms. The Morgan fingerprint density at radius 1 is 0.842 bits per heavy atom.